The fourth-order valence-corrected chi connectivity index (χ4v) is 7.82. The van der Waals surface area contributed by atoms with Crippen molar-refractivity contribution in [1.29, 1.82) is 10.5 Å². The number of hydrogen-bond acceptors (Lipinski definition) is 9. The Hall–Kier alpha value is -4.27. The predicted molar refractivity (Wildman–Crippen MR) is 157 cm³/mol. The van der Waals surface area contributed by atoms with Crippen molar-refractivity contribution in [1.82, 2.24) is 15.3 Å². The van der Waals surface area contributed by atoms with Crippen LogP contribution in [0, 0.1) is 39.7 Å². The zero-order valence-electron chi connectivity index (χ0n) is 23.4. The van der Waals surface area contributed by atoms with Gasteiger partial charge < -0.3 is 20.9 Å². The minimum absolute atomic E-state index is 0.0814. The summed E-state index contributed by atoms with van der Waals surface area (Å²) in [5, 5.41) is 22.1. The molecule has 2 aromatic heterocycles. The SMILES string of the molecule is CC1(CC#N)CN(c2nc(N3CC4CCC(C3)N4)c3cc(C(F)(F)F)c(-c4ccc(F)c5sc(N)c(C#N)c45)c(F)c3n2)C1. The quantitative estimate of drug-likeness (QED) is 0.268. The molecule has 226 valence electrons. The Balaban J connectivity index is 1.51. The maximum Gasteiger partial charge on any atom is 0.417 e. The molecule has 7 rings (SSSR count). The number of hydrogen-bond donors (Lipinski definition) is 2. The van der Waals surface area contributed by atoms with E-state index < -0.39 is 28.9 Å². The van der Waals surface area contributed by atoms with Crippen LogP contribution in [0.5, 0.6) is 0 Å². The largest absolute Gasteiger partial charge is 0.417 e. The molecule has 44 heavy (non-hydrogen) atoms. The number of alkyl halides is 3. The number of benzene rings is 2. The second-order valence-electron chi connectivity index (χ2n) is 12.2. The van der Waals surface area contributed by atoms with Crippen LogP contribution in [0.3, 0.4) is 0 Å². The van der Waals surface area contributed by atoms with E-state index in [4.69, 9.17) is 10.7 Å². The topological polar surface area (TPSA) is 118 Å². The van der Waals surface area contributed by atoms with E-state index in [-0.39, 0.29) is 66.4 Å². The molecule has 0 aliphatic carbocycles. The molecule has 2 atom stereocenters. The molecule has 14 heteroatoms. The van der Waals surface area contributed by atoms with E-state index in [1.165, 1.54) is 0 Å². The van der Waals surface area contributed by atoms with Gasteiger partial charge in [-0.25, -0.2) is 13.8 Å². The minimum Gasteiger partial charge on any atom is -0.389 e. The molecule has 8 nitrogen and oxygen atoms in total. The van der Waals surface area contributed by atoms with Crippen molar-refractivity contribution in [3.8, 4) is 23.3 Å². The zero-order chi connectivity index (χ0) is 31.1. The molecule has 3 fully saturated rings. The molecule has 0 radical (unpaired) electrons. The van der Waals surface area contributed by atoms with E-state index in [2.05, 4.69) is 16.4 Å². The summed E-state index contributed by atoms with van der Waals surface area (Å²) in [6.45, 7) is 3.75. The number of anilines is 3. The second kappa shape index (κ2) is 9.87. The maximum absolute atomic E-state index is 16.9. The molecule has 3 aliphatic rings. The molecule has 2 aromatic carbocycles. The Morgan fingerprint density at radius 2 is 1.82 bits per heavy atom. The van der Waals surface area contributed by atoms with Crippen LogP contribution in [0.25, 0.3) is 32.1 Å². The highest BCUT2D eigenvalue weighted by Gasteiger charge is 2.43. The van der Waals surface area contributed by atoms with Gasteiger partial charge in [0.1, 0.15) is 28.2 Å². The summed E-state index contributed by atoms with van der Waals surface area (Å²) in [4.78, 5) is 12.9. The van der Waals surface area contributed by atoms with Crippen molar-refractivity contribution in [3.05, 3.63) is 41.0 Å². The fraction of sp³-hybridized carbons (Fsp3) is 0.400. The molecule has 3 N–H and O–H groups in total. The number of nitrogens with zero attached hydrogens (tertiary/aromatic N) is 6. The summed E-state index contributed by atoms with van der Waals surface area (Å²) in [5.74, 6) is -1.68. The van der Waals surface area contributed by atoms with Crippen molar-refractivity contribution >= 4 is 49.1 Å². The number of aromatic nitrogens is 2. The van der Waals surface area contributed by atoms with Crippen LogP contribution in [0.2, 0.25) is 0 Å². The van der Waals surface area contributed by atoms with E-state index in [0.29, 0.717) is 32.6 Å². The molecular formula is C30H25F5N8S. The Morgan fingerprint density at radius 1 is 1.11 bits per heavy atom. The van der Waals surface area contributed by atoms with E-state index in [9.17, 15) is 28.1 Å². The first kappa shape index (κ1) is 28.5. The lowest BCUT2D eigenvalue weighted by atomic mass is 9.79. The number of nitrogens with two attached hydrogens (primary N) is 1. The summed E-state index contributed by atoms with van der Waals surface area (Å²) in [6.07, 6.45) is -2.90. The van der Waals surface area contributed by atoms with Crippen LogP contribution >= 0.6 is 11.3 Å². The third-order valence-corrected chi connectivity index (χ3v) is 9.88. The van der Waals surface area contributed by atoms with Gasteiger partial charge in [-0.15, -0.1) is 11.3 Å². The van der Waals surface area contributed by atoms with E-state index >= 15 is 4.39 Å². The average Bonchev–Trinajstić information content (AvgIpc) is 3.48. The van der Waals surface area contributed by atoms with Crippen molar-refractivity contribution in [2.24, 2.45) is 5.41 Å². The van der Waals surface area contributed by atoms with Crippen LogP contribution < -0.4 is 20.9 Å². The number of nitriles is 2. The van der Waals surface area contributed by atoms with Crippen molar-refractivity contribution < 1.29 is 22.0 Å². The highest BCUT2D eigenvalue weighted by atomic mass is 32.1. The van der Waals surface area contributed by atoms with Gasteiger partial charge in [0.2, 0.25) is 5.95 Å². The first-order chi connectivity index (χ1) is 20.9. The highest BCUT2D eigenvalue weighted by Crippen LogP contribution is 2.48. The molecule has 5 heterocycles. The van der Waals surface area contributed by atoms with Gasteiger partial charge >= 0.3 is 6.18 Å². The average molecular weight is 625 g/mol. The maximum atomic E-state index is 16.9. The Morgan fingerprint density at radius 3 is 2.45 bits per heavy atom. The lowest BCUT2D eigenvalue weighted by molar-refractivity contribution is -0.137. The van der Waals surface area contributed by atoms with Crippen LogP contribution in [-0.4, -0.2) is 48.2 Å². The number of nitrogens with one attached hydrogen (secondary N) is 1. The van der Waals surface area contributed by atoms with Gasteiger partial charge in [0, 0.05) is 66.4 Å². The van der Waals surface area contributed by atoms with Gasteiger partial charge in [-0.3, -0.25) is 0 Å². The van der Waals surface area contributed by atoms with Gasteiger partial charge in [-0.1, -0.05) is 13.0 Å². The number of thiophene rings is 1. The van der Waals surface area contributed by atoms with Gasteiger partial charge in [0.15, 0.2) is 5.82 Å². The fourth-order valence-electron chi connectivity index (χ4n) is 6.87. The summed E-state index contributed by atoms with van der Waals surface area (Å²) in [5.41, 5.74) is 2.66. The minimum atomic E-state index is -5.02. The Kier molecular flexibility index (Phi) is 6.39. The third-order valence-electron chi connectivity index (χ3n) is 8.85. The summed E-state index contributed by atoms with van der Waals surface area (Å²) >= 11 is 0.719. The molecule has 3 saturated heterocycles. The van der Waals surface area contributed by atoms with Gasteiger partial charge in [-0.05, 0) is 30.5 Å². The number of rotatable bonds is 4. The molecule has 0 saturated carbocycles. The standard InChI is InChI=1S/C30H25F5N8S/c1-29(6-7-36)12-43(13-29)28-40-24-17(27(41-28)42-10-14-2-3-15(11-42)39-14)8-19(30(33,34)35)22(23(24)32)16-4-5-20(31)25-21(16)18(9-37)26(38)44-25/h4-5,8,14-15,39H,2-3,6,10-13,38H2,1H3. The zero-order valence-corrected chi connectivity index (χ0v) is 24.2. The molecular weight excluding hydrogens is 599 g/mol. The molecule has 2 unspecified atom stereocenters. The van der Waals surface area contributed by atoms with Crippen molar-refractivity contribution in [2.75, 3.05) is 41.7 Å². The van der Waals surface area contributed by atoms with Crippen molar-refractivity contribution in [2.45, 2.75) is 44.4 Å². The molecule has 0 spiro atoms. The first-order valence-corrected chi connectivity index (χ1v) is 14.9. The normalized spacial score (nSPS) is 21.0. The third kappa shape index (κ3) is 4.39. The van der Waals surface area contributed by atoms with E-state index in [1.54, 1.807) is 4.90 Å². The number of fused-ring (bicyclic) bond motifs is 4. The second-order valence-corrected chi connectivity index (χ2v) is 13.2. The van der Waals surface area contributed by atoms with Gasteiger partial charge in [0.25, 0.3) is 0 Å². The first-order valence-electron chi connectivity index (χ1n) is 14.1. The Labute approximate surface area is 252 Å². The van der Waals surface area contributed by atoms with Crippen molar-refractivity contribution in [3.63, 3.8) is 0 Å². The predicted octanol–water partition coefficient (Wildman–Crippen LogP) is 5.94. The highest BCUT2D eigenvalue weighted by molar-refractivity contribution is 7.23. The van der Waals surface area contributed by atoms with Gasteiger partial charge in [0.05, 0.1) is 21.9 Å². The number of piperazine rings is 1. The van der Waals surface area contributed by atoms with Crippen LogP contribution in [0.4, 0.5) is 38.7 Å². The van der Waals surface area contributed by atoms with E-state index in [0.717, 1.165) is 42.4 Å². The monoisotopic (exact) mass is 624 g/mol. The molecule has 3 aliphatic heterocycles. The number of nitrogen functional groups attached to an aromatic ring is 1. The summed E-state index contributed by atoms with van der Waals surface area (Å²) < 4.78 is 76.0. The van der Waals surface area contributed by atoms with E-state index in [1.807, 2.05) is 17.9 Å². The summed E-state index contributed by atoms with van der Waals surface area (Å²) in [6, 6.07) is 7.11. The molecule has 4 aromatic rings. The summed E-state index contributed by atoms with van der Waals surface area (Å²) in [7, 11) is 0. The smallest absolute Gasteiger partial charge is 0.389 e. The lowest BCUT2D eigenvalue weighted by Gasteiger charge is -2.47. The van der Waals surface area contributed by atoms with Crippen LogP contribution in [-0.2, 0) is 6.18 Å². The van der Waals surface area contributed by atoms with Crippen LogP contribution in [0.1, 0.15) is 37.3 Å². The Bertz CT molecular complexity index is 1920. The molecule has 0 amide bonds. The number of halogens is 5. The van der Waals surface area contributed by atoms with Gasteiger partial charge in [-0.2, -0.15) is 28.7 Å². The molecule has 2 bridgehead atoms. The van der Waals surface area contributed by atoms with Crippen LogP contribution in [0.15, 0.2) is 18.2 Å². The lowest BCUT2D eigenvalue weighted by Crippen LogP contribution is -2.55.